The Bertz CT molecular complexity index is 1260. The SMILES string of the molecule is O=C1N=C2c3ccccc3N=C(SCc3ccc([N+](=O)[O-])cc3)N2C1Cc1ccccc1. The van der Waals surface area contributed by atoms with E-state index in [4.69, 9.17) is 4.99 Å². The van der Waals surface area contributed by atoms with Crippen LogP contribution in [0.25, 0.3) is 0 Å². The number of benzene rings is 3. The van der Waals surface area contributed by atoms with E-state index in [2.05, 4.69) is 4.99 Å². The van der Waals surface area contributed by atoms with Gasteiger partial charge in [-0.25, -0.2) is 4.99 Å². The number of non-ortho nitro benzene ring substituents is 1. The van der Waals surface area contributed by atoms with E-state index in [1.807, 2.05) is 59.5 Å². The number of para-hydroxylation sites is 1. The van der Waals surface area contributed by atoms with E-state index < -0.39 is 11.0 Å². The number of carbonyl (C=O) groups is 1. The Morgan fingerprint density at radius 1 is 0.906 bits per heavy atom. The number of amides is 1. The molecule has 0 N–H and O–H groups in total. The van der Waals surface area contributed by atoms with Gasteiger partial charge in [0.2, 0.25) is 0 Å². The van der Waals surface area contributed by atoms with Crippen LogP contribution in [0, 0.1) is 10.1 Å². The number of thioether (sulfide) groups is 1. The molecule has 1 amide bonds. The maximum atomic E-state index is 12.9. The number of nitro benzene ring substituents is 1. The van der Waals surface area contributed by atoms with E-state index in [-0.39, 0.29) is 11.6 Å². The van der Waals surface area contributed by atoms with E-state index in [0.29, 0.717) is 23.2 Å². The second-order valence-electron chi connectivity index (χ2n) is 7.47. The molecule has 3 aromatic rings. The maximum Gasteiger partial charge on any atom is 0.271 e. The molecule has 0 aromatic heterocycles. The molecule has 1 unspecified atom stereocenters. The molecule has 5 rings (SSSR count). The Balaban J connectivity index is 1.45. The van der Waals surface area contributed by atoms with Crippen LogP contribution >= 0.6 is 11.8 Å². The summed E-state index contributed by atoms with van der Waals surface area (Å²) in [5.41, 5.74) is 3.68. The van der Waals surface area contributed by atoms with Crippen LogP contribution in [-0.4, -0.2) is 32.8 Å². The van der Waals surface area contributed by atoms with Crippen LogP contribution in [0.2, 0.25) is 0 Å². The summed E-state index contributed by atoms with van der Waals surface area (Å²) in [6, 6.07) is 23.6. The van der Waals surface area contributed by atoms with Crippen molar-refractivity contribution in [3.63, 3.8) is 0 Å². The van der Waals surface area contributed by atoms with Gasteiger partial charge in [-0.2, -0.15) is 4.99 Å². The summed E-state index contributed by atoms with van der Waals surface area (Å²) < 4.78 is 0. The molecule has 3 aromatic carbocycles. The van der Waals surface area contributed by atoms with Crippen LogP contribution in [0.3, 0.4) is 0 Å². The van der Waals surface area contributed by atoms with Crippen LogP contribution in [0.4, 0.5) is 11.4 Å². The molecule has 8 heteroatoms. The number of aliphatic imine (C=N–C) groups is 2. The Labute approximate surface area is 188 Å². The number of carbonyl (C=O) groups excluding carboxylic acids is 1. The number of nitrogens with zero attached hydrogens (tertiary/aromatic N) is 4. The number of hydrogen-bond donors (Lipinski definition) is 0. The number of rotatable bonds is 5. The van der Waals surface area contributed by atoms with Crippen molar-refractivity contribution in [2.75, 3.05) is 0 Å². The molecule has 0 radical (unpaired) electrons. The highest BCUT2D eigenvalue weighted by Gasteiger charge is 2.41. The summed E-state index contributed by atoms with van der Waals surface area (Å²) in [5, 5.41) is 11.6. The standard InChI is InChI=1S/C24H18N4O3S/c29-23-21(14-16-6-2-1-3-7-16)27-22(26-23)19-8-4-5-9-20(19)25-24(27)32-15-17-10-12-18(13-11-17)28(30)31/h1-13,21H,14-15H2. The highest BCUT2D eigenvalue weighted by Crippen LogP contribution is 2.35. The first-order chi connectivity index (χ1) is 15.6. The molecule has 0 bridgehead atoms. The largest absolute Gasteiger partial charge is 0.292 e. The minimum Gasteiger partial charge on any atom is -0.292 e. The molecule has 158 valence electrons. The molecule has 32 heavy (non-hydrogen) atoms. The van der Waals surface area contributed by atoms with E-state index in [0.717, 1.165) is 22.4 Å². The fourth-order valence-electron chi connectivity index (χ4n) is 3.80. The molecule has 0 saturated carbocycles. The van der Waals surface area contributed by atoms with E-state index in [1.165, 1.54) is 23.9 Å². The van der Waals surface area contributed by atoms with Crippen molar-refractivity contribution in [3.8, 4) is 0 Å². The fraction of sp³-hybridized carbons (Fsp3) is 0.125. The molecule has 0 saturated heterocycles. The minimum atomic E-state index is -0.455. The number of fused-ring (bicyclic) bond motifs is 3. The average Bonchev–Trinajstić information content (AvgIpc) is 3.14. The topological polar surface area (TPSA) is 88.2 Å². The Kier molecular flexibility index (Phi) is 5.28. The summed E-state index contributed by atoms with van der Waals surface area (Å²) >= 11 is 1.49. The van der Waals surface area contributed by atoms with Crippen molar-refractivity contribution in [1.29, 1.82) is 0 Å². The van der Waals surface area contributed by atoms with Crippen molar-refractivity contribution < 1.29 is 9.72 Å². The van der Waals surface area contributed by atoms with E-state index in [1.54, 1.807) is 12.1 Å². The van der Waals surface area contributed by atoms with Gasteiger partial charge in [-0.3, -0.25) is 19.8 Å². The normalized spacial score (nSPS) is 16.8. The lowest BCUT2D eigenvalue weighted by Crippen LogP contribution is -2.44. The van der Waals surface area contributed by atoms with Gasteiger partial charge in [0.15, 0.2) is 5.17 Å². The van der Waals surface area contributed by atoms with Crippen molar-refractivity contribution in [2.45, 2.75) is 18.2 Å². The number of hydrogen-bond acceptors (Lipinski definition) is 6. The monoisotopic (exact) mass is 442 g/mol. The lowest BCUT2D eigenvalue weighted by Gasteiger charge is -2.31. The van der Waals surface area contributed by atoms with Gasteiger partial charge < -0.3 is 0 Å². The van der Waals surface area contributed by atoms with Crippen LogP contribution in [0.15, 0.2) is 88.8 Å². The minimum absolute atomic E-state index is 0.0603. The van der Waals surface area contributed by atoms with Gasteiger partial charge in [-0.1, -0.05) is 66.4 Å². The quantitative estimate of drug-likeness (QED) is 0.421. The summed E-state index contributed by atoms with van der Waals surface area (Å²) in [6.07, 6.45) is 0.534. The molecular formula is C24H18N4O3S. The molecule has 2 heterocycles. The Morgan fingerprint density at radius 3 is 2.38 bits per heavy atom. The molecule has 0 spiro atoms. The van der Waals surface area contributed by atoms with Gasteiger partial charge in [0, 0.05) is 29.9 Å². The zero-order chi connectivity index (χ0) is 22.1. The smallest absolute Gasteiger partial charge is 0.271 e. The lowest BCUT2D eigenvalue weighted by molar-refractivity contribution is -0.384. The molecule has 0 aliphatic carbocycles. The van der Waals surface area contributed by atoms with Gasteiger partial charge in [-0.15, -0.1) is 0 Å². The predicted octanol–water partition coefficient (Wildman–Crippen LogP) is 4.73. The molecular weight excluding hydrogens is 424 g/mol. The first-order valence-corrected chi connectivity index (χ1v) is 11.1. The first kappa shape index (κ1) is 20.1. The molecule has 2 aliphatic rings. The van der Waals surface area contributed by atoms with Gasteiger partial charge >= 0.3 is 0 Å². The molecule has 7 nitrogen and oxygen atoms in total. The van der Waals surface area contributed by atoms with Crippen molar-refractivity contribution in [3.05, 3.63) is 106 Å². The second kappa shape index (κ2) is 8.39. The summed E-state index contributed by atoms with van der Waals surface area (Å²) in [7, 11) is 0. The lowest BCUT2D eigenvalue weighted by atomic mass is 10.0. The van der Waals surface area contributed by atoms with Crippen molar-refractivity contribution in [2.24, 2.45) is 9.98 Å². The third-order valence-corrected chi connectivity index (χ3v) is 6.42. The summed E-state index contributed by atoms with van der Waals surface area (Å²) in [4.78, 5) is 34.6. The second-order valence-corrected chi connectivity index (χ2v) is 8.42. The van der Waals surface area contributed by atoms with Gasteiger partial charge in [0.05, 0.1) is 10.6 Å². The number of nitro groups is 1. The van der Waals surface area contributed by atoms with Crippen LogP contribution in [0.1, 0.15) is 16.7 Å². The van der Waals surface area contributed by atoms with Crippen molar-refractivity contribution >= 4 is 40.0 Å². The molecule has 2 aliphatic heterocycles. The van der Waals surface area contributed by atoms with Gasteiger partial charge in [-0.05, 0) is 23.3 Å². The Hall–Kier alpha value is -3.78. The van der Waals surface area contributed by atoms with Gasteiger partial charge in [0.1, 0.15) is 11.9 Å². The van der Waals surface area contributed by atoms with Crippen LogP contribution in [-0.2, 0) is 17.0 Å². The summed E-state index contributed by atoms with van der Waals surface area (Å²) in [6.45, 7) is 0. The Morgan fingerprint density at radius 2 is 1.62 bits per heavy atom. The first-order valence-electron chi connectivity index (χ1n) is 10.1. The van der Waals surface area contributed by atoms with E-state index >= 15 is 0 Å². The van der Waals surface area contributed by atoms with Crippen molar-refractivity contribution in [1.82, 2.24) is 4.90 Å². The zero-order valence-corrected chi connectivity index (χ0v) is 17.7. The maximum absolute atomic E-state index is 12.9. The van der Waals surface area contributed by atoms with Crippen LogP contribution in [0.5, 0.6) is 0 Å². The highest BCUT2D eigenvalue weighted by molar-refractivity contribution is 8.13. The zero-order valence-electron chi connectivity index (χ0n) is 16.9. The number of amidine groups is 2. The third-order valence-electron chi connectivity index (χ3n) is 5.40. The van der Waals surface area contributed by atoms with E-state index in [9.17, 15) is 14.9 Å². The highest BCUT2D eigenvalue weighted by atomic mass is 32.2. The molecule has 1 atom stereocenters. The average molecular weight is 443 g/mol. The van der Waals surface area contributed by atoms with Crippen LogP contribution < -0.4 is 0 Å². The fourth-order valence-corrected chi connectivity index (χ4v) is 4.81. The summed E-state index contributed by atoms with van der Waals surface area (Å²) in [5.74, 6) is 1.02. The predicted molar refractivity (Wildman–Crippen MR) is 125 cm³/mol. The van der Waals surface area contributed by atoms with Gasteiger partial charge in [0.25, 0.3) is 11.6 Å². The third kappa shape index (κ3) is 3.80. The molecule has 0 fully saturated rings.